The van der Waals surface area contributed by atoms with Crippen LogP contribution in [0.15, 0.2) is 0 Å². The van der Waals surface area contributed by atoms with Crippen molar-refractivity contribution in [1.29, 1.82) is 0 Å². The summed E-state index contributed by atoms with van der Waals surface area (Å²) in [6.45, 7) is 5.28. The summed E-state index contributed by atoms with van der Waals surface area (Å²) in [7, 11) is 2.23. The second kappa shape index (κ2) is 2.60. The molecule has 0 aromatic carbocycles. The molecule has 0 bridgehead atoms. The second-order valence-corrected chi connectivity index (χ2v) is 4.93. The van der Waals surface area contributed by atoms with Gasteiger partial charge in [0.25, 0.3) is 0 Å². The maximum atomic E-state index is 2.46. The Hall–Kier alpha value is 0.650. The Morgan fingerprint density at radius 3 is 2.10 bits per heavy atom. The Balaban J connectivity index is 2.00. The molecule has 58 valence electrons. The van der Waals surface area contributed by atoms with Crippen molar-refractivity contribution in [2.24, 2.45) is 11.8 Å². The van der Waals surface area contributed by atoms with Crippen LogP contribution >= 0.6 is 22.9 Å². The maximum Gasteiger partial charge on any atom is 0.0201 e. The highest BCUT2D eigenvalue weighted by Gasteiger charge is 2.37. The number of halogens is 1. The first kappa shape index (κ1) is 7.31. The van der Waals surface area contributed by atoms with Crippen LogP contribution in [0.2, 0.25) is 0 Å². The lowest BCUT2D eigenvalue weighted by Crippen LogP contribution is -2.20. The Morgan fingerprint density at radius 1 is 1.10 bits per heavy atom. The molecule has 0 N–H and O–H groups in total. The summed E-state index contributed by atoms with van der Waals surface area (Å²) in [5.41, 5.74) is 0. The molecule has 2 aliphatic heterocycles. The molecule has 2 rings (SSSR count). The lowest BCUT2D eigenvalue weighted by atomic mass is 10.0. The first-order valence-corrected chi connectivity index (χ1v) is 4.81. The van der Waals surface area contributed by atoms with Gasteiger partial charge in [-0.05, 0) is 18.9 Å². The monoisotopic (exact) mass is 252 g/mol. The number of nitrogens with zero attached hydrogens (tertiary/aromatic N) is 2. The van der Waals surface area contributed by atoms with Crippen LogP contribution in [-0.4, -0.2) is 41.2 Å². The first-order valence-electron chi connectivity index (χ1n) is 3.85. The average Bonchev–Trinajstić information content (AvgIpc) is 2.21. The van der Waals surface area contributed by atoms with Crippen molar-refractivity contribution in [3.63, 3.8) is 0 Å². The highest BCUT2D eigenvalue weighted by molar-refractivity contribution is 14.1. The number of hydrogen-bond acceptors (Lipinski definition) is 2. The normalized spacial score (nSPS) is 42.6. The van der Waals surface area contributed by atoms with E-state index in [1.165, 1.54) is 26.2 Å². The lowest BCUT2D eigenvalue weighted by Gasteiger charge is -2.11. The molecule has 0 amide bonds. The van der Waals surface area contributed by atoms with Crippen LogP contribution in [0.4, 0.5) is 0 Å². The second-order valence-electron chi connectivity index (χ2n) is 3.57. The minimum atomic E-state index is 0.974. The smallest absolute Gasteiger partial charge is 0.0201 e. The Kier molecular flexibility index (Phi) is 1.90. The van der Waals surface area contributed by atoms with Gasteiger partial charge in [0, 0.05) is 49.0 Å². The van der Waals surface area contributed by atoms with E-state index in [1.807, 2.05) is 0 Å². The lowest BCUT2D eigenvalue weighted by molar-refractivity contribution is 0.366. The Bertz CT molecular complexity index is 112. The van der Waals surface area contributed by atoms with E-state index < -0.39 is 0 Å². The van der Waals surface area contributed by atoms with Gasteiger partial charge >= 0.3 is 0 Å². The van der Waals surface area contributed by atoms with Crippen LogP contribution < -0.4 is 0 Å². The number of fused-ring (bicyclic) bond motifs is 1. The molecular formula is C7H13IN2. The molecule has 0 aromatic rings. The van der Waals surface area contributed by atoms with Crippen LogP contribution in [0, 0.1) is 11.8 Å². The summed E-state index contributed by atoms with van der Waals surface area (Å²) in [5.74, 6) is 1.95. The van der Waals surface area contributed by atoms with Crippen molar-refractivity contribution in [2.45, 2.75) is 0 Å². The van der Waals surface area contributed by atoms with E-state index in [0.29, 0.717) is 0 Å². The first-order chi connectivity index (χ1) is 4.75. The molecule has 1 unspecified atom stereocenters. The fourth-order valence-electron chi connectivity index (χ4n) is 2.17. The largest absolute Gasteiger partial charge is 0.306 e. The molecule has 0 aromatic heterocycles. The molecule has 0 saturated carbocycles. The molecule has 2 heterocycles. The van der Waals surface area contributed by atoms with E-state index in [4.69, 9.17) is 0 Å². The van der Waals surface area contributed by atoms with Crippen LogP contribution in [0.1, 0.15) is 0 Å². The molecule has 2 fully saturated rings. The van der Waals surface area contributed by atoms with Gasteiger partial charge in [-0.1, -0.05) is 0 Å². The van der Waals surface area contributed by atoms with Gasteiger partial charge in [0.05, 0.1) is 0 Å². The molecule has 0 radical (unpaired) electrons. The quantitative estimate of drug-likeness (QED) is 0.465. The minimum absolute atomic E-state index is 0.974. The van der Waals surface area contributed by atoms with Crippen LogP contribution in [-0.2, 0) is 0 Å². The molecule has 0 spiro atoms. The fourth-order valence-corrected chi connectivity index (χ4v) is 3.18. The van der Waals surface area contributed by atoms with E-state index in [9.17, 15) is 0 Å². The molecular weight excluding hydrogens is 239 g/mol. The van der Waals surface area contributed by atoms with Gasteiger partial charge in [0.1, 0.15) is 0 Å². The SMILES string of the molecule is CN1CC2CN(I)C[C@H]2C1. The highest BCUT2D eigenvalue weighted by Crippen LogP contribution is 2.31. The van der Waals surface area contributed by atoms with Crippen LogP contribution in [0.5, 0.6) is 0 Å². The number of hydrogen-bond donors (Lipinski definition) is 0. The summed E-state index contributed by atoms with van der Waals surface area (Å²) >= 11 is 2.44. The van der Waals surface area contributed by atoms with E-state index in [1.54, 1.807) is 0 Å². The van der Waals surface area contributed by atoms with Gasteiger partial charge in [-0.25, -0.2) is 3.11 Å². The fraction of sp³-hybridized carbons (Fsp3) is 1.00. The summed E-state index contributed by atoms with van der Waals surface area (Å²) in [4.78, 5) is 2.46. The van der Waals surface area contributed by atoms with Crippen molar-refractivity contribution in [2.75, 3.05) is 33.2 Å². The standard InChI is InChI=1S/C7H13IN2/c1-9-2-6-4-10(8)5-7(6)3-9/h6-7H,2-5H2,1H3/t6-,7?/m1/s1. The van der Waals surface area contributed by atoms with Gasteiger partial charge in [-0.3, -0.25) is 0 Å². The molecule has 2 atom stereocenters. The molecule has 3 heteroatoms. The van der Waals surface area contributed by atoms with Crippen molar-refractivity contribution < 1.29 is 0 Å². The van der Waals surface area contributed by atoms with Crippen LogP contribution in [0.3, 0.4) is 0 Å². The Morgan fingerprint density at radius 2 is 1.60 bits per heavy atom. The van der Waals surface area contributed by atoms with Crippen LogP contribution in [0.25, 0.3) is 0 Å². The van der Waals surface area contributed by atoms with Crippen molar-refractivity contribution in [1.82, 2.24) is 8.01 Å². The molecule has 2 saturated heterocycles. The predicted octanol–water partition coefficient (Wildman–Crippen LogP) is 0.830. The van der Waals surface area contributed by atoms with Crippen molar-refractivity contribution in [3.8, 4) is 0 Å². The molecule has 0 aliphatic carbocycles. The zero-order valence-corrected chi connectivity index (χ0v) is 8.41. The van der Waals surface area contributed by atoms with Crippen molar-refractivity contribution >= 4 is 22.9 Å². The van der Waals surface area contributed by atoms with Gasteiger partial charge in [0.15, 0.2) is 0 Å². The summed E-state index contributed by atoms with van der Waals surface area (Å²) in [6, 6.07) is 0. The molecule has 2 nitrogen and oxygen atoms in total. The minimum Gasteiger partial charge on any atom is -0.306 e. The average molecular weight is 252 g/mol. The predicted molar refractivity (Wildman–Crippen MR) is 50.1 cm³/mol. The zero-order chi connectivity index (χ0) is 7.14. The topological polar surface area (TPSA) is 6.48 Å². The zero-order valence-electron chi connectivity index (χ0n) is 6.26. The third-order valence-corrected chi connectivity index (χ3v) is 3.41. The molecule has 2 aliphatic rings. The highest BCUT2D eigenvalue weighted by atomic mass is 127. The van der Waals surface area contributed by atoms with E-state index in [0.717, 1.165) is 11.8 Å². The van der Waals surface area contributed by atoms with Gasteiger partial charge in [0.2, 0.25) is 0 Å². The van der Waals surface area contributed by atoms with Gasteiger partial charge in [-0.15, -0.1) is 0 Å². The van der Waals surface area contributed by atoms with E-state index >= 15 is 0 Å². The number of rotatable bonds is 0. The number of likely N-dealkylation sites (tertiary alicyclic amines) is 1. The third kappa shape index (κ3) is 1.19. The van der Waals surface area contributed by atoms with Gasteiger partial charge in [-0.2, -0.15) is 0 Å². The van der Waals surface area contributed by atoms with E-state index in [-0.39, 0.29) is 0 Å². The van der Waals surface area contributed by atoms with Gasteiger partial charge < -0.3 is 4.90 Å². The Labute approximate surface area is 76.1 Å². The van der Waals surface area contributed by atoms with E-state index in [2.05, 4.69) is 37.9 Å². The van der Waals surface area contributed by atoms with Crippen molar-refractivity contribution in [3.05, 3.63) is 0 Å². The maximum absolute atomic E-state index is 2.46. The molecule has 10 heavy (non-hydrogen) atoms. The summed E-state index contributed by atoms with van der Waals surface area (Å²) < 4.78 is 2.43. The third-order valence-electron chi connectivity index (χ3n) is 2.62. The summed E-state index contributed by atoms with van der Waals surface area (Å²) in [6.07, 6.45) is 0. The summed E-state index contributed by atoms with van der Waals surface area (Å²) in [5, 5.41) is 0.